The van der Waals surface area contributed by atoms with Gasteiger partial charge in [-0.1, -0.05) is 29.8 Å². The molecule has 0 aliphatic carbocycles. The summed E-state index contributed by atoms with van der Waals surface area (Å²) >= 11 is 0.859. The van der Waals surface area contributed by atoms with E-state index in [2.05, 4.69) is 5.32 Å². The molecule has 1 aliphatic rings. The van der Waals surface area contributed by atoms with Gasteiger partial charge in [-0.3, -0.25) is 19.3 Å². The Morgan fingerprint density at radius 1 is 1.13 bits per heavy atom. The van der Waals surface area contributed by atoms with Crippen LogP contribution in [0.2, 0.25) is 0 Å². The van der Waals surface area contributed by atoms with Gasteiger partial charge in [0.2, 0.25) is 5.91 Å². The highest BCUT2D eigenvalue weighted by molar-refractivity contribution is 8.18. The number of aryl methyl sites for hydroxylation is 2. The van der Waals surface area contributed by atoms with E-state index >= 15 is 0 Å². The number of hydrogen-bond acceptors (Lipinski definition) is 4. The van der Waals surface area contributed by atoms with Crippen molar-refractivity contribution in [1.29, 1.82) is 0 Å². The number of benzene rings is 2. The van der Waals surface area contributed by atoms with E-state index in [4.69, 9.17) is 0 Å². The van der Waals surface area contributed by atoms with Gasteiger partial charge >= 0.3 is 0 Å². The third-order valence-electron chi connectivity index (χ3n) is 4.54. The largest absolute Gasteiger partial charge is 0.354 e. The minimum absolute atomic E-state index is 0.0321. The van der Waals surface area contributed by atoms with Crippen LogP contribution in [0, 0.1) is 18.6 Å². The summed E-state index contributed by atoms with van der Waals surface area (Å²) in [6.07, 6.45) is 1.68. The maximum Gasteiger partial charge on any atom is 0.293 e. The maximum absolute atomic E-state index is 13.6. The minimum atomic E-state index is -0.567. The van der Waals surface area contributed by atoms with Crippen molar-refractivity contribution in [2.75, 3.05) is 13.1 Å². The highest BCUT2D eigenvalue weighted by Gasteiger charge is 2.34. The van der Waals surface area contributed by atoms with Crippen molar-refractivity contribution in [3.05, 3.63) is 75.7 Å². The number of carbonyl (C=O) groups is 3. The van der Waals surface area contributed by atoms with Gasteiger partial charge in [-0.2, -0.15) is 0 Å². The summed E-state index contributed by atoms with van der Waals surface area (Å²) < 4.78 is 26.8. The Hall–Kier alpha value is -3.00. The number of amides is 3. The van der Waals surface area contributed by atoms with Crippen LogP contribution in [0.4, 0.5) is 13.6 Å². The van der Waals surface area contributed by atoms with E-state index in [9.17, 15) is 23.2 Å². The fraction of sp³-hybridized carbons (Fsp3) is 0.227. The summed E-state index contributed by atoms with van der Waals surface area (Å²) in [4.78, 5) is 38.0. The predicted molar refractivity (Wildman–Crippen MR) is 112 cm³/mol. The molecule has 3 amide bonds. The molecule has 0 atom stereocenters. The Kier molecular flexibility index (Phi) is 6.99. The molecule has 5 nitrogen and oxygen atoms in total. The number of nitrogens with zero attached hydrogens (tertiary/aromatic N) is 1. The quantitative estimate of drug-likeness (QED) is 0.673. The van der Waals surface area contributed by atoms with E-state index in [0.29, 0.717) is 4.91 Å². The highest BCUT2D eigenvalue weighted by atomic mass is 32.2. The Labute approximate surface area is 177 Å². The summed E-state index contributed by atoms with van der Waals surface area (Å²) in [5, 5.41) is 2.20. The second kappa shape index (κ2) is 9.67. The number of rotatable bonds is 7. The Morgan fingerprint density at radius 2 is 1.87 bits per heavy atom. The zero-order valence-corrected chi connectivity index (χ0v) is 17.1. The molecule has 2 aromatic carbocycles. The number of carbonyl (C=O) groups excluding carboxylic acids is 3. The van der Waals surface area contributed by atoms with Crippen LogP contribution in [0.25, 0.3) is 6.08 Å². The van der Waals surface area contributed by atoms with Crippen LogP contribution < -0.4 is 5.32 Å². The number of halogens is 2. The average Bonchev–Trinajstić information content (AvgIpc) is 2.97. The second-order valence-electron chi connectivity index (χ2n) is 6.83. The van der Waals surface area contributed by atoms with Crippen molar-refractivity contribution in [3.8, 4) is 0 Å². The highest BCUT2D eigenvalue weighted by Crippen LogP contribution is 2.31. The molecule has 156 valence electrons. The molecule has 0 saturated carbocycles. The van der Waals surface area contributed by atoms with Crippen LogP contribution in [-0.4, -0.2) is 35.0 Å². The Morgan fingerprint density at radius 3 is 2.60 bits per heavy atom. The SMILES string of the molecule is Cc1ccc(/C=C2\SC(=O)N(CCNC(=O)CCc3cc(F)ccc3F)C2=O)cc1. The van der Waals surface area contributed by atoms with E-state index in [-0.39, 0.29) is 37.4 Å². The molecule has 30 heavy (non-hydrogen) atoms. The average molecular weight is 430 g/mol. The summed E-state index contributed by atoms with van der Waals surface area (Å²) in [6, 6.07) is 10.7. The lowest BCUT2D eigenvalue weighted by Crippen LogP contribution is -2.37. The molecule has 1 N–H and O–H groups in total. The molecule has 0 bridgehead atoms. The smallest absolute Gasteiger partial charge is 0.293 e. The first kappa shape index (κ1) is 21.7. The van der Waals surface area contributed by atoms with E-state index in [1.54, 1.807) is 6.08 Å². The fourth-order valence-electron chi connectivity index (χ4n) is 2.89. The normalized spacial score (nSPS) is 15.2. The Bertz CT molecular complexity index is 1010. The van der Waals surface area contributed by atoms with Crippen LogP contribution >= 0.6 is 11.8 Å². The first-order valence-corrected chi connectivity index (χ1v) is 10.2. The van der Waals surface area contributed by atoms with Gasteiger partial charge < -0.3 is 5.32 Å². The molecule has 2 aromatic rings. The van der Waals surface area contributed by atoms with Gasteiger partial charge in [-0.05, 0) is 60.5 Å². The third-order valence-corrected chi connectivity index (χ3v) is 5.44. The summed E-state index contributed by atoms with van der Waals surface area (Å²) in [5.74, 6) is -1.91. The van der Waals surface area contributed by atoms with E-state index < -0.39 is 22.8 Å². The molecule has 3 rings (SSSR count). The lowest BCUT2D eigenvalue weighted by Gasteiger charge is -2.13. The van der Waals surface area contributed by atoms with Crippen molar-refractivity contribution in [3.63, 3.8) is 0 Å². The molecule has 0 aromatic heterocycles. The number of thioether (sulfide) groups is 1. The molecule has 0 spiro atoms. The van der Waals surface area contributed by atoms with Gasteiger partial charge in [0.05, 0.1) is 4.91 Å². The second-order valence-corrected chi connectivity index (χ2v) is 7.82. The van der Waals surface area contributed by atoms with Gasteiger partial charge in [-0.15, -0.1) is 0 Å². The number of hydrogen-bond donors (Lipinski definition) is 1. The summed E-state index contributed by atoms with van der Waals surface area (Å²) in [6.45, 7) is 2.08. The van der Waals surface area contributed by atoms with E-state index in [1.807, 2.05) is 31.2 Å². The maximum atomic E-state index is 13.6. The summed E-state index contributed by atoms with van der Waals surface area (Å²) in [7, 11) is 0. The number of imide groups is 1. The first-order chi connectivity index (χ1) is 14.3. The molecule has 1 fully saturated rings. The minimum Gasteiger partial charge on any atom is -0.354 e. The lowest BCUT2D eigenvalue weighted by atomic mass is 10.1. The molecule has 0 unspecified atom stereocenters. The van der Waals surface area contributed by atoms with Crippen LogP contribution in [0.15, 0.2) is 47.4 Å². The standard InChI is InChI=1S/C22H20F2N2O3S/c1-14-2-4-15(5-3-14)12-19-21(28)26(22(29)30-19)11-10-25-20(27)9-6-16-13-17(23)7-8-18(16)24/h2-5,7-8,12-13H,6,9-11H2,1H3,(H,25,27)/b19-12-. The molecular weight excluding hydrogens is 410 g/mol. The number of nitrogens with one attached hydrogen (secondary N) is 1. The van der Waals surface area contributed by atoms with Gasteiger partial charge in [-0.25, -0.2) is 8.78 Å². The van der Waals surface area contributed by atoms with E-state index in [0.717, 1.165) is 46.0 Å². The van der Waals surface area contributed by atoms with Gasteiger partial charge in [0.25, 0.3) is 11.1 Å². The topological polar surface area (TPSA) is 66.5 Å². The third kappa shape index (κ3) is 5.54. The monoisotopic (exact) mass is 430 g/mol. The lowest BCUT2D eigenvalue weighted by molar-refractivity contribution is -0.124. The zero-order valence-electron chi connectivity index (χ0n) is 16.3. The van der Waals surface area contributed by atoms with Crippen LogP contribution in [0.1, 0.15) is 23.1 Å². The molecule has 1 heterocycles. The molecule has 1 aliphatic heterocycles. The fourth-order valence-corrected chi connectivity index (χ4v) is 3.75. The van der Waals surface area contributed by atoms with Crippen molar-refractivity contribution in [1.82, 2.24) is 10.2 Å². The van der Waals surface area contributed by atoms with Gasteiger partial charge in [0.15, 0.2) is 0 Å². The van der Waals surface area contributed by atoms with Crippen LogP contribution in [0.3, 0.4) is 0 Å². The van der Waals surface area contributed by atoms with Crippen molar-refractivity contribution >= 4 is 34.9 Å². The van der Waals surface area contributed by atoms with Crippen molar-refractivity contribution in [2.45, 2.75) is 19.8 Å². The zero-order chi connectivity index (χ0) is 21.7. The molecule has 0 radical (unpaired) electrons. The van der Waals surface area contributed by atoms with E-state index in [1.165, 1.54) is 0 Å². The molecule has 8 heteroatoms. The van der Waals surface area contributed by atoms with Crippen molar-refractivity contribution in [2.24, 2.45) is 0 Å². The summed E-state index contributed by atoms with van der Waals surface area (Å²) in [5.41, 5.74) is 2.04. The predicted octanol–water partition coefficient (Wildman–Crippen LogP) is 4.06. The van der Waals surface area contributed by atoms with Gasteiger partial charge in [0, 0.05) is 19.5 Å². The molecule has 1 saturated heterocycles. The molecular formula is C22H20F2N2O3S. The Balaban J connectivity index is 1.49. The van der Waals surface area contributed by atoms with Gasteiger partial charge in [0.1, 0.15) is 11.6 Å². The van der Waals surface area contributed by atoms with Crippen molar-refractivity contribution < 1.29 is 23.2 Å². The van der Waals surface area contributed by atoms with Crippen LogP contribution in [0.5, 0.6) is 0 Å². The van der Waals surface area contributed by atoms with Crippen LogP contribution in [-0.2, 0) is 16.0 Å². The first-order valence-electron chi connectivity index (χ1n) is 9.36.